The number of fused-ring (bicyclic) bond motifs is 2. The van der Waals surface area contributed by atoms with Crippen molar-refractivity contribution in [1.29, 1.82) is 0 Å². The van der Waals surface area contributed by atoms with Gasteiger partial charge in [0.25, 0.3) is 5.91 Å². The lowest BCUT2D eigenvalue weighted by atomic mass is 10.1. The summed E-state index contributed by atoms with van der Waals surface area (Å²) < 4.78 is 21.5. The first-order chi connectivity index (χ1) is 13.0. The van der Waals surface area contributed by atoms with Crippen LogP contribution in [0.3, 0.4) is 0 Å². The molecule has 2 aromatic carbocycles. The van der Waals surface area contributed by atoms with Crippen molar-refractivity contribution < 1.29 is 23.4 Å². The smallest absolute Gasteiger partial charge is 0.336 e. The van der Waals surface area contributed by atoms with E-state index >= 15 is 0 Å². The lowest BCUT2D eigenvalue weighted by molar-refractivity contribution is -0.118. The first-order valence-electron chi connectivity index (χ1n) is 8.37. The first-order valence-corrected chi connectivity index (χ1v) is 8.37. The maximum Gasteiger partial charge on any atom is 0.336 e. The van der Waals surface area contributed by atoms with E-state index in [0.717, 1.165) is 11.1 Å². The van der Waals surface area contributed by atoms with Crippen LogP contribution in [0, 0.1) is 13.8 Å². The van der Waals surface area contributed by atoms with Gasteiger partial charge >= 0.3 is 5.63 Å². The first kappa shape index (κ1) is 17.0. The minimum Gasteiger partial charge on any atom is -0.483 e. The highest BCUT2D eigenvalue weighted by Crippen LogP contribution is 2.34. The van der Waals surface area contributed by atoms with E-state index in [1.807, 2.05) is 13.0 Å². The molecule has 0 atom stereocenters. The highest BCUT2D eigenvalue weighted by atomic mass is 16.7. The van der Waals surface area contributed by atoms with Gasteiger partial charge in [0.05, 0.1) is 5.39 Å². The third-order valence-electron chi connectivity index (χ3n) is 4.16. The van der Waals surface area contributed by atoms with E-state index in [-0.39, 0.29) is 19.3 Å². The monoisotopic (exact) mass is 367 g/mol. The van der Waals surface area contributed by atoms with Gasteiger partial charge in [0.2, 0.25) is 6.79 Å². The predicted molar refractivity (Wildman–Crippen MR) is 98.6 cm³/mol. The molecule has 4 rings (SSSR count). The number of benzene rings is 2. The molecule has 1 N–H and O–H groups in total. The summed E-state index contributed by atoms with van der Waals surface area (Å²) in [6.45, 7) is 3.65. The number of amides is 1. The van der Waals surface area contributed by atoms with Crippen molar-refractivity contribution in [2.24, 2.45) is 0 Å². The summed E-state index contributed by atoms with van der Waals surface area (Å²) in [4.78, 5) is 23.9. The van der Waals surface area contributed by atoms with Gasteiger partial charge in [0, 0.05) is 17.8 Å². The third-order valence-corrected chi connectivity index (χ3v) is 4.16. The van der Waals surface area contributed by atoms with Crippen molar-refractivity contribution in [2.75, 3.05) is 18.7 Å². The van der Waals surface area contributed by atoms with Crippen LogP contribution >= 0.6 is 0 Å². The molecule has 0 spiro atoms. The Morgan fingerprint density at radius 3 is 2.78 bits per heavy atom. The topological polar surface area (TPSA) is 87.0 Å². The van der Waals surface area contributed by atoms with E-state index in [1.54, 1.807) is 31.2 Å². The summed E-state index contributed by atoms with van der Waals surface area (Å²) in [5.41, 5.74) is 2.20. The average molecular weight is 367 g/mol. The molecule has 7 nitrogen and oxygen atoms in total. The van der Waals surface area contributed by atoms with Gasteiger partial charge in [-0.2, -0.15) is 0 Å². The van der Waals surface area contributed by atoms with Gasteiger partial charge in [-0.05, 0) is 49.2 Å². The Balaban J connectivity index is 1.51. The van der Waals surface area contributed by atoms with Crippen molar-refractivity contribution >= 4 is 22.6 Å². The van der Waals surface area contributed by atoms with Gasteiger partial charge in [0.1, 0.15) is 11.3 Å². The number of anilines is 1. The third kappa shape index (κ3) is 3.44. The summed E-state index contributed by atoms with van der Waals surface area (Å²) in [7, 11) is 0. The summed E-state index contributed by atoms with van der Waals surface area (Å²) in [6, 6.07) is 10.1. The van der Waals surface area contributed by atoms with Crippen LogP contribution in [0.2, 0.25) is 0 Å². The summed E-state index contributed by atoms with van der Waals surface area (Å²) in [5.74, 6) is 1.40. The normalized spacial score (nSPS) is 12.2. The van der Waals surface area contributed by atoms with Crippen LogP contribution in [0.25, 0.3) is 11.0 Å². The summed E-state index contributed by atoms with van der Waals surface area (Å²) >= 11 is 0. The Morgan fingerprint density at radius 2 is 1.93 bits per heavy atom. The molecule has 0 aliphatic carbocycles. The second kappa shape index (κ2) is 6.68. The van der Waals surface area contributed by atoms with E-state index in [1.165, 1.54) is 6.07 Å². The standard InChI is InChI=1S/C20H17NO6/c1-11-5-16(20-12(2)7-19(23)27-17(20)6-11)24-9-18(22)21-13-3-4-14-15(8-13)26-10-25-14/h3-8H,9-10H2,1-2H3,(H,21,22). The second-order valence-electron chi connectivity index (χ2n) is 6.29. The van der Waals surface area contributed by atoms with Crippen LogP contribution < -0.4 is 25.2 Å². The highest BCUT2D eigenvalue weighted by Gasteiger charge is 2.15. The Morgan fingerprint density at radius 1 is 1.11 bits per heavy atom. The van der Waals surface area contributed by atoms with E-state index in [0.29, 0.717) is 33.9 Å². The van der Waals surface area contributed by atoms with Crippen molar-refractivity contribution in [2.45, 2.75) is 13.8 Å². The number of rotatable bonds is 4. The molecular formula is C20H17NO6. The fourth-order valence-corrected chi connectivity index (χ4v) is 3.01. The van der Waals surface area contributed by atoms with Gasteiger partial charge in [-0.3, -0.25) is 4.79 Å². The van der Waals surface area contributed by atoms with Crippen LogP contribution in [0.5, 0.6) is 17.2 Å². The molecule has 0 unspecified atom stereocenters. The molecule has 0 fully saturated rings. The quantitative estimate of drug-likeness (QED) is 0.713. The fourth-order valence-electron chi connectivity index (χ4n) is 3.01. The minimum atomic E-state index is -0.419. The van der Waals surface area contributed by atoms with Crippen molar-refractivity contribution in [3.63, 3.8) is 0 Å². The molecule has 0 bridgehead atoms. The SMILES string of the molecule is Cc1cc(OCC(=O)Nc2ccc3c(c2)OCO3)c2c(C)cc(=O)oc2c1. The van der Waals surface area contributed by atoms with Gasteiger partial charge in [0.15, 0.2) is 18.1 Å². The zero-order valence-corrected chi connectivity index (χ0v) is 14.8. The van der Waals surface area contributed by atoms with Crippen LogP contribution in [0.1, 0.15) is 11.1 Å². The van der Waals surface area contributed by atoms with Crippen LogP contribution in [-0.2, 0) is 4.79 Å². The van der Waals surface area contributed by atoms with Gasteiger partial charge in [-0.15, -0.1) is 0 Å². The molecule has 7 heteroatoms. The number of hydrogen-bond donors (Lipinski definition) is 1. The minimum absolute atomic E-state index is 0.172. The summed E-state index contributed by atoms with van der Waals surface area (Å²) in [6.07, 6.45) is 0. The molecule has 0 saturated heterocycles. The Kier molecular flexibility index (Phi) is 4.19. The largest absolute Gasteiger partial charge is 0.483 e. The Bertz CT molecular complexity index is 1100. The number of aryl methyl sites for hydroxylation is 2. The van der Waals surface area contributed by atoms with Gasteiger partial charge in [-0.25, -0.2) is 4.79 Å². The van der Waals surface area contributed by atoms with Crippen LogP contribution in [0.4, 0.5) is 5.69 Å². The maximum absolute atomic E-state index is 12.3. The lowest BCUT2D eigenvalue weighted by Crippen LogP contribution is -2.20. The molecular weight excluding hydrogens is 350 g/mol. The second-order valence-corrected chi connectivity index (χ2v) is 6.29. The van der Waals surface area contributed by atoms with E-state index in [4.69, 9.17) is 18.6 Å². The van der Waals surface area contributed by atoms with Crippen molar-refractivity contribution in [1.82, 2.24) is 0 Å². The number of hydrogen-bond acceptors (Lipinski definition) is 6. The Labute approximate surface area is 154 Å². The molecule has 0 radical (unpaired) electrons. The van der Waals surface area contributed by atoms with Crippen LogP contribution in [-0.4, -0.2) is 19.3 Å². The molecule has 27 heavy (non-hydrogen) atoms. The number of ether oxygens (including phenoxy) is 3. The van der Waals surface area contributed by atoms with E-state index < -0.39 is 5.63 Å². The zero-order chi connectivity index (χ0) is 19.0. The molecule has 2 heterocycles. The molecule has 0 saturated carbocycles. The average Bonchev–Trinajstić information content (AvgIpc) is 3.06. The maximum atomic E-state index is 12.3. The van der Waals surface area contributed by atoms with Gasteiger partial charge in [-0.1, -0.05) is 0 Å². The van der Waals surface area contributed by atoms with Crippen molar-refractivity contribution in [3.8, 4) is 17.2 Å². The lowest BCUT2D eigenvalue weighted by Gasteiger charge is -2.12. The molecule has 3 aromatic rings. The van der Waals surface area contributed by atoms with Crippen molar-refractivity contribution in [3.05, 3.63) is 57.9 Å². The van der Waals surface area contributed by atoms with E-state index in [9.17, 15) is 9.59 Å². The fraction of sp³-hybridized carbons (Fsp3) is 0.200. The predicted octanol–water partition coefficient (Wildman–Crippen LogP) is 3.16. The van der Waals surface area contributed by atoms with Crippen LogP contribution in [0.15, 0.2) is 45.6 Å². The summed E-state index contributed by atoms with van der Waals surface area (Å²) in [5, 5.41) is 3.43. The zero-order valence-electron chi connectivity index (χ0n) is 14.8. The molecule has 138 valence electrons. The molecule has 1 aromatic heterocycles. The van der Waals surface area contributed by atoms with Gasteiger partial charge < -0.3 is 23.9 Å². The number of nitrogens with one attached hydrogen (secondary N) is 1. The number of carbonyl (C=O) groups is 1. The molecule has 1 amide bonds. The number of carbonyl (C=O) groups excluding carboxylic acids is 1. The van der Waals surface area contributed by atoms with E-state index in [2.05, 4.69) is 5.32 Å². The molecule has 1 aliphatic heterocycles. The molecule has 1 aliphatic rings. The highest BCUT2D eigenvalue weighted by molar-refractivity contribution is 5.93. The Hall–Kier alpha value is -3.48.